The van der Waals surface area contributed by atoms with Gasteiger partial charge in [0.2, 0.25) is 0 Å². The van der Waals surface area contributed by atoms with Crippen LogP contribution in [0.2, 0.25) is 0 Å². The molecule has 0 spiro atoms. The highest BCUT2D eigenvalue weighted by atomic mass is 32.1. The van der Waals surface area contributed by atoms with E-state index in [-0.39, 0.29) is 0 Å². The second-order valence-electron chi connectivity index (χ2n) is 5.78. The first-order chi connectivity index (χ1) is 10.2. The molecule has 0 atom stereocenters. The first-order valence-electron chi connectivity index (χ1n) is 8.26. The summed E-state index contributed by atoms with van der Waals surface area (Å²) in [5.41, 5.74) is 7.92. The zero-order valence-electron chi connectivity index (χ0n) is 13.6. The highest BCUT2D eigenvalue weighted by Gasteiger charge is 2.08. The maximum atomic E-state index is 5.79. The molecule has 0 aliphatic carbocycles. The van der Waals surface area contributed by atoms with Crippen molar-refractivity contribution in [2.24, 2.45) is 5.73 Å². The lowest BCUT2D eigenvalue weighted by Crippen LogP contribution is -2.22. The second kappa shape index (κ2) is 10.6. The lowest BCUT2D eigenvalue weighted by molar-refractivity contribution is 0.575. The van der Waals surface area contributed by atoms with Crippen molar-refractivity contribution in [3.8, 4) is 0 Å². The van der Waals surface area contributed by atoms with Crippen LogP contribution < -0.4 is 10.6 Å². The van der Waals surface area contributed by atoms with Crippen LogP contribution in [0.25, 0.3) is 0 Å². The first-order valence-corrected chi connectivity index (χ1v) is 8.67. The number of hydrogen-bond donors (Lipinski definition) is 1. The van der Waals surface area contributed by atoms with Crippen molar-refractivity contribution < 1.29 is 0 Å². The Bertz CT molecular complexity index is 417. The molecule has 1 aromatic carbocycles. The molecule has 0 saturated carbocycles. The normalized spacial score (nSPS) is 10.6. The van der Waals surface area contributed by atoms with Crippen LogP contribution in [0.5, 0.6) is 0 Å². The molecule has 0 amide bonds. The molecule has 21 heavy (non-hydrogen) atoms. The van der Waals surface area contributed by atoms with Gasteiger partial charge in [0, 0.05) is 24.8 Å². The molecule has 2 N–H and O–H groups in total. The minimum absolute atomic E-state index is 0.480. The third-order valence-corrected chi connectivity index (χ3v) is 4.15. The van der Waals surface area contributed by atoms with Crippen molar-refractivity contribution in [1.82, 2.24) is 0 Å². The van der Waals surface area contributed by atoms with E-state index in [1.165, 1.54) is 51.4 Å². The fourth-order valence-corrected chi connectivity index (χ4v) is 2.79. The van der Waals surface area contributed by atoms with Crippen molar-refractivity contribution in [3.05, 3.63) is 29.8 Å². The predicted octanol–water partition coefficient (Wildman–Crippen LogP) is 4.90. The number of nitrogens with zero attached hydrogens (tertiary/aromatic N) is 1. The first kappa shape index (κ1) is 18.0. The molecule has 118 valence electrons. The topological polar surface area (TPSA) is 29.3 Å². The summed E-state index contributed by atoms with van der Waals surface area (Å²) in [6.45, 7) is 3.33. The Morgan fingerprint density at radius 1 is 1.00 bits per heavy atom. The number of hydrogen-bond acceptors (Lipinski definition) is 2. The van der Waals surface area contributed by atoms with Crippen LogP contribution in [0.15, 0.2) is 24.3 Å². The van der Waals surface area contributed by atoms with Crippen LogP contribution in [0, 0.1) is 0 Å². The summed E-state index contributed by atoms with van der Waals surface area (Å²) in [6, 6.07) is 8.13. The Labute approximate surface area is 135 Å². The molecule has 0 radical (unpaired) electrons. The molecule has 2 nitrogen and oxygen atoms in total. The van der Waals surface area contributed by atoms with Gasteiger partial charge in [-0.3, -0.25) is 0 Å². The Balaban J connectivity index is 2.25. The predicted molar refractivity (Wildman–Crippen MR) is 98.2 cm³/mol. The molecular formula is C18H30N2S. The van der Waals surface area contributed by atoms with E-state index < -0.39 is 0 Å². The third kappa shape index (κ3) is 6.94. The van der Waals surface area contributed by atoms with E-state index in [0.717, 1.165) is 17.8 Å². The van der Waals surface area contributed by atoms with E-state index in [1.807, 2.05) is 18.2 Å². The number of nitrogens with two attached hydrogens (primary N) is 1. The SMILES string of the molecule is CCCCCCCCCCN(C)c1ccccc1C(N)=S. The zero-order valence-corrected chi connectivity index (χ0v) is 14.4. The van der Waals surface area contributed by atoms with Gasteiger partial charge >= 0.3 is 0 Å². The number of unbranched alkanes of at least 4 members (excludes halogenated alkanes) is 7. The minimum atomic E-state index is 0.480. The van der Waals surface area contributed by atoms with Gasteiger partial charge in [-0.1, -0.05) is 76.2 Å². The molecule has 0 saturated heterocycles. The van der Waals surface area contributed by atoms with E-state index >= 15 is 0 Å². The van der Waals surface area contributed by atoms with Gasteiger partial charge < -0.3 is 10.6 Å². The maximum absolute atomic E-state index is 5.79. The van der Waals surface area contributed by atoms with Gasteiger partial charge in [-0.2, -0.15) is 0 Å². The number of rotatable bonds is 11. The van der Waals surface area contributed by atoms with Crippen molar-refractivity contribution in [2.75, 3.05) is 18.5 Å². The summed E-state index contributed by atoms with van der Waals surface area (Å²) in [5, 5.41) is 0. The summed E-state index contributed by atoms with van der Waals surface area (Å²) < 4.78 is 0. The molecule has 1 rings (SSSR count). The fourth-order valence-electron chi connectivity index (χ4n) is 2.62. The summed E-state index contributed by atoms with van der Waals surface area (Å²) in [5.74, 6) is 0. The molecule has 0 fully saturated rings. The molecule has 0 aromatic heterocycles. The molecule has 3 heteroatoms. The maximum Gasteiger partial charge on any atom is 0.106 e. The van der Waals surface area contributed by atoms with Crippen molar-refractivity contribution >= 4 is 22.9 Å². The Morgan fingerprint density at radius 3 is 2.19 bits per heavy atom. The second-order valence-corrected chi connectivity index (χ2v) is 6.22. The van der Waals surface area contributed by atoms with Gasteiger partial charge in [-0.15, -0.1) is 0 Å². The molecular weight excluding hydrogens is 276 g/mol. The average molecular weight is 307 g/mol. The van der Waals surface area contributed by atoms with Crippen LogP contribution in [-0.4, -0.2) is 18.6 Å². The largest absolute Gasteiger partial charge is 0.389 e. The zero-order chi connectivity index (χ0) is 15.5. The van der Waals surface area contributed by atoms with Gasteiger partial charge in [0.15, 0.2) is 0 Å². The van der Waals surface area contributed by atoms with Gasteiger partial charge in [0.25, 0.3) is 0 Å². The minimum Gasteiger partial charge on any atom is -0.389 e. The molecule has 0 aliphatic heterocycles. The number of anilines is 1. The smallest absolute Gasteiger partial charge is 0.106 e. The molecule has 0 heterocycles. The Kier molecular flexibility index (Phi) is 9.07. The van der Waals surface area contributed by atoms with Crippen molar-refractivity contribution in [1.29, 1.82) is 0 Å². The van der Waals surface area contributed by atoms with Crippen LogP contribution in [0.3, 0.4) is 0 Å². The average Bonchev–Trinajstić information content (AvgIpc) is 2.49. The van der Waals surface area contributed by atoms with E-state index in [4.69, 9.17) is 18.0 Å². The highest BCUT2D eigenvalue weighted by Crippen LogP contribution is 2.19. The fraction of sp³-hybridized carbons (Fsp3) is 0.611. The Morgan fingerprint density at radius 2 is 1.57 bits per heavy atom. The highest BCUT2D eigenvalue weighted by molar-refractivity contribution is 7.80. The molecule has 0 unspecified atom stereocenters. The number of para-hydroxylation sites is 1. The molecule has 0 bridgehead atoms. The van der Waals surface area contributed by atoms with Gasteiger partial charge in [-0.25, -0.2) is 0 Å². The van der Waals surface area contributed by atoms with Crippen molar-refractivity contribution in [3.63, 3.8) is 0 Å². The van der Waals surface area contributed by atoms with Gasteiger partial charge in [0.05, 0.1) is 0 Å². The van der Waals surface area contributed by atoms with E-state index in [9.17, 15) is 0 Å². The van der Waals surface area contributed by atoms with Crippen LogP contribution in [-0.2, 0) is 0 Å². The Hall–Kier alpha value is -1.09. The van der Waals surface area contributed by atoms with Gasteiger partial charge in [-0.05, 0) is 18.6 Å². The lowest BCUT2D eigenvalue weighted by Gasteiger charge is -2.22. The van der Waals surface area contributed by atoms with Crippen LogP contribution >= 0.6 is 12.2 Å². The number of thiocarbonyl (C=S) groups is 1. The molecule has 1 aromatic rings. The summed E-state index contributed by atoms with van der Waals surface area (Å²) in [6.07, 6.45) is 10.8. The standard InChI is InChI=1S/C18H30N2S/c1-3-4-5-6-7-8-9-12-15-20(2)17-14-11-10-13-16(17)18(19)21/h10-11,13-14H,3-9,12,15H2,1-2H3,(H2,19,21). The van der Waals surface area contributed by atoms with Crippen molar-refractivity contribution in [2.45, 2.75) is 58.3 Å². The number of benzene rings is 1. The quantitative estimate of drug-likeness (QED) is 0.466. The van der Waals surface area contributed by atoms with E-state index in [2.05, 4.69) is 24.9 Å². The third-order valence-electron chi connectivity index (χ3n) is 3.93. The van der Waals surface area contributed by atoms with E-state index in [1.54, 1.807) is 0 Å². The summed E-state index contributed by atoms with van der Waals surface area (Å²) >= 11 is 5.12. The lowest BCUT2D eigenvalue weighted by atomic mass is 10.1. The molecule has 0 aliphatic rings. The monoisotopic (exact) mass is 306 g/mol. The van der Waals surface area contributed by atoms with Gasteiger partial charge in [0.1, 0.15) is 4.99 Å². The summed E-state index contributed by atoms with van der Waals surface area (Å²) in [7, 11) is 2.12. The van der Waals surface area contributed by atoms with E-state index in [0.29, 0.717) is 4.99 Å². The van der Waals surface area contributed by atoms with Crippen LogP contribution in [0.4, 0.5) is 5.69 Å². The van der Waals surface area contributed by atoms with Crippen LogP contribution in [0.1, 0.15) is 63.9 Å². The summed E-state index contributed by atoms with van der Waals surface area (Å²) in [4.78, 5) is 2.75.